The Bertz CT molecular complexity index is 5880. The molecule has 0 bridgehead atoms. The van der Waals surface area contributed by atoms with E-state index >= 15 is 0 Å². The van der Waals surface area contributed by atoms with Crippen molar-refractivity contribution in [3.8, 4) is 44.5 Å². The minimum Gasteiger partial charge on any atom is -0.311 e. The molecule has 8 heteroatoms. The molecule has 104 heavy (non-hydrogen) atoms. The van der Waals surface area contributed by atoms with Crippen LogP contribution in [0.2, 0.25) is 0 Å². The van der Waals surface area contributed by atoms with Crippen LogP contribution in [0.5, 0.6) is 0 Å². The quantitative estimate of drug-likeness (QED) is 0.106. The summed E-state index contributed by atoms with van der Waals surface area (Å²) in [5.74, 6) is 0. The maximum absolute atomic E-state index is 2.70. The van der Waals surface area contributed by atoms with Crippen LogP contribution in [0.1, 0.15) is 0 Å². The lowest BCUT2D eigenvalue weighted by Gasteiger charge is -2.47. The standard InChI is InChI=1S/C96H65B2N5S/c1-9-34-66(35-10-1)76-50-25-29-56-84(76)99(70-42-17-5-18-43-70)74-60-89-94-90(61-74)103(96-78(68-38-13-3-14-39-68)52-33-53-79(96)69-40-15-4-16-41-69)88-65-87-82(64-83(88)97(94)80-54-27-31-58-86(80)101(89)72-46-21-7-22-47-72)98-81-55-28-32-59-92(81)104-93-63-75(62-91(95(93)98)102(87)73-48-23-8-24-49-73)100(71-44-19-6-20-45-71)85-57-30-26-51-77(85)67-36-11-2-12-37-67/h1-65H. The number of rotatable bonds is 13. The summed E-state index contributed by atoms with van der Waals surface area (Å²) >= 11 is 1.89. The van der Waals surface area contributed by atoms with E-state index in [1.807, 2.05) is 11.8 Å². The van der Waals surface area contributed by atoms with Gasteiger partial charge in [-0.1, -0.05) is 308 Å². The lowest BCUT2D eigenvalue weighted by Crippen LogP contribution is -2.64. The zero-order valence-electron chi connectivity index (χ0n) is 56.8. The molecule has 4 heterocycles. The van der Waals surface area contributed by atoms with Crippen LogP contribution in [0.15, 0.2) is 404 Å². The van der Waals surface area contributed by atoms with Crippen LogP contribution in [0, 0.1) is 0 Å². The van der Waals surface area contributed by atoms with Crippen molar-refractivity contribution in [2.45, 2.75) is 9.79 Å². The summed E-state index contributed by atoms with van der Waals surface area (Å²) in [5, 5.41) is 0. The van der Waals surface area contributed by atoms with Crippen molar-refractivity contribution >= 4 is 143 Å². The number of nitrogens with zero attached hydrogens (tertiary/aromatic N) is 5. The molecule has 486 valence electrons. The molecule has 0 unspecified atom stereocenters. The van der Waals surface area contributed by atoms with Gasteiger partial charge in [-0.3, -0.25) is 0 Å². The Morgan fingerprint density at radius 1 is 0.221 bits per heavy atom. The molecule has 5 nitrogen and oxygen atoms in total. The fourth-order valence-corrected chi connectivity index (χ4v) is 18.1. The van der Waals surface area contributed by atoms with Crippen LogP contribution in [0.4, 0.5) is 85.3 Å². The van der Waals surface area contributed by atoms with E-state index in [4.69, 9.17) is 0 Å². The van der Waals surface area contributed by atoms with Gasteiger partial charge in [-0.25, -0.2) is 0 Å². The lowest BCUT2D eigenvalue weighted by molar-refractivity contribution is 1.21. The van der Waals surface area contributed by atoms with E-state index < -0.39 is 0 Å². The molecule has 0 aromatic heterocycles. The maximum Gasteiger partial charge on any atom is 0.252 e. The Morgan fingerprint density at radius 2 is 0.587 bits per heavy atom. The van der Waals surface area contributed by atoms with Crippen molar-refractivity contribution in [3.63, 3.8) is 0 Å². The van der Waals surface area contributed by atoms with Gasteiger partial charge in [-0.2, -0.15) is 0 Å². The van der Waals surface area contributed by atoms with Crippen molar-refractivity contribution in [2.75, 3.05) is 24.5 Å². The molecule has 16 aromatic rings. The molecule has 20 rings (SSSR count). The smallest absolute Gasteiger partial charge is 0.252 e. The number of hydrogen-bond acceptors (Lipinski definition) is 6. The highest BCUT2D eigenvalue weighted by Gasteiger charge is 2.49. The molecular weight excluding hydrogens is 1280 g/mol. The molecule has 0 fully saturated rings. The Morgan fingerprint density at radius 3 is 1.11 bits per heavy atom. The highest BCUT2D eigenvalue weighted by atomic mass is 32.2. The zero-order valence-corrected chi connectivity index (χ0v) is 57.6. The minimum absolute atomic E-state index is 0.148. The highest BCUT2D eigenvalue weighted by molar-refractivity contribution is 8.00. The third kappa shape index (κ3) is 10.1. The Hall–Kier alpha value is -13.0. The summed E-state index contributed by atoms with van der Waals surface area (Å²) in [4.78, 5) is 15.3. The molecule has 0 atom stereocenters. The predicted molar refractivity (Wildman–Crippen MR) is 441 cm³/mol. The van der Waals surface area contributed by atoms with Gasteiger partial charge in [0.05, 0.1) is 22.7 Å². The topological polar surface area (TPSA) is 16.2 Å². The summed E-state index contributed by atoms with van der Waals surface area (Å²) < 4.78 is 0. The average molecular weight is 1340 g/mol. The number of anilines is 15. The van der Waals surface area contributed by atoms with Crippen molar-refractivity contribution < 1.29 is 0 Å². The van der Waals surface area contributed by atoms with Gasteiger partial charge in [-0.05, 0) is 153 Å². The monoisotopic (exact) mass is 1340 g/mol. The van der Waals surface area contributed by atoms with Crippen LogP contribution in [-0.4, -0.2) is 13.4 Å². The third-order valence-corrected chi connectivity index (χ3v) is 22.4. The van der Waals surface area contributed by atoms with Crippen LogP contribution < -0.4 is 57.3 Å². The third-order valence-electron chi connectivity index (χ3n) is 21.2. The SMILES string of the molecule is c1ccc(-c2ccccc2N(c2ccccc2)c2cc3c4c(c2)N(c2ccccc2)c2cc5c(cc2B4c2ccccc2S3)B2c3ccccc3N(c3ccccc3)c3cc(N(c4ccccc4)c4ccccc4-c4ccccc4)cc(c32)N5c2c(-c3ccccc3)cccc2-c2ccccc2)cc1. The molecule has 4 aliphatic heterocycles. The van der Waals surface area contributed by atoms with E-state index in [1.54, 1.807) is 0 Å². The van der Waals surface area contributed by atoms with Gasteiger partial charge in [0.1, 0.15) is 0 Å². The Labute approximate surface area is 612 Å². The summed E-state index contributed by atoms with van der Waals surface area (Å²) in [6.45, 7) is -0.385. The molecule has 0 saturated heterocycles. The Balaban J connectivity index is 0.931. The van der Waals surface area contributed by atoms with Crippen LogP contribution in [0.25, 0.3) is 44.5 Å². The molecular formula is C96H65B2N5S. The molecule has 0 amide bonds. The molecule has 0 aliphatic carbocycles. The fourth-order valence-electron chi connectivity index (χ4n) is 16.9. The van der Waals surface area contributed by atoms with Gasteiger partial charge < -0.3 is 24.5 Å². The summed E-state index contributed by atoms with van der Waals surface area (Å²) in [7, 11) is 0. The zero-order chi connectivity index (χ0) is 68.6. The van der Waals surface area contributed by atoms with Gasteiger partial charge >= 0.3 is 0 Å². The first-order chi connectivity index (χ1) is 51.7. The van der Waals surface area contributed by atoms with E-state index in [-0.39, 0.29) is 13.4 Å². The van der Waals surface area contributed by atoms with E-state index in [1.165, 1.54) is 42.6 Å². The van der Waals surface area contributed by atoms with Crippen molar-refractivity contribution in [1.82, 2.24) is 0 Å². The van der Waals surface area contributed by atoms with Crippen molar-refractivity contribution in [1.29, 1.82) is 0 Å². The molecule has 16 aromatic carbocycles. The minimum atomic E-state index is -0.238. The number of hydrogen-bond donors (Lipinski definition) is 0. The molecule has 0 spiro atoms. The number of benzene rings is 16. The number of fused-ring (bicyclic) bond motifs is 8. The lowest BCUT2D eigenvalue weighted by atomic mass is 9.30. The van der Waals surface area contributed by atoms with Crippen molar-refractivity contribution in [2.24, 2.45) is 0 Å². The van der Waals surface area contributed by atoms with Crippen LogP contribution >= 0.6 is 11.8 Å². The first-order valence-electron chi connectivity index (χ1n) is 35.8. The number of para-hydroxylation sites is 8. The molecule has 0 radical (unpaired) electrons. The largest absolute Gasteiger partial charge is 0.311 e. The van der Waals surface area contributed by atoms with Gasteiger partial charge in [0, 0.05) is 94.6 Å². The maximum atomic E-state index is 2.70. The fraction of sp³-hybridized carbons (Fsp3) is 0. The van der Waals surface area contributed by atoms with Gasteiger partial charge in [0.25, 0.3) is 6.71 Å². The molecule has 0 saturated carbocycles. The van der Waals surface area contributed by atoms with E-state index in [9.17, 15) is 0 Å². The normalized spacial score (nSPS) is 12.7. The Kier molecular flexibility index (Phi) is 15.0. The molecule has 4 aliphatic rings. The van der Waals surface area contributed by atoms with Gasteiger partial charge in [0.2, 0.25) is 6.71 Å². The average Bonchev–Trinajstić information content (AvgIpc) is 0.688. The van der Waals surface area contributed by atoms with E-state index in [2.05, 4.69) is 419 Å². The van der Waals surface area contributed by atoms with E-state index in [0.29, 0.717) is 0 Å². The van der Waals surface area contributed by atoms with Gasteiger partial charge in [-0.15, -0.1) is 0 Å². The van der Waals surface area contributed by atoms with Gasteiger partial charge in [0.15, 0.2) is 0 Å². The second-order valence-electron chi connectivity index (χ2n) is 27.0. The first-order valence-corrected chi connectivity index (χ1v) is 36.6. The van der Waals surface area contributed by atoms with Crippen LogP contribution in [0.3, 0.4) is 0 Å². The summed E-state index contributed by atoms with van der Waals surface area (Å²) in [5.41, 5.74) is 32.9. The summed E-state index contributed by atoms with van der Waals surface area (Å²) in [6, 6.07) is 146. The van der Waals surface area contributed by atoms with E-state index in [0.717, 1.165) is 130 Å². The summed E-state index contributed by atoms with van der Waals surface area (Å²) in [6.07, 6.45) is 0. The van der Waals surface area contributed by atoms with Crippen molar-refractivity contribution in [3.05, 3.63) is 394 Å². The first kappa shape index (κ1) is 60.9. The predicted octanol–water partition coefficient (Wildman–Crippen LogP) is 22.1. The second kappa shape index (κ2) is 25.6. The highest BCUT2D eigenvalue weighted by Crippen LogP contribution is 2.55. The molecule has 0 N–H and O–H groups in total. The van der Waals surface area contributed by atoms with Crippen LogP contribution in [-0.2, 0) is 0 Å². The second-order valence-corrected chi connectivity index (χ2v) is 28.1.